The third-order valence-corrected chi connectivity index (χ3v) is 4.15. The molecule has 1 saturated heterocycles. The minimum absolute atomic E-state index is 0.158. The lowest BCUT2D eigenvalue weighted by molar-refractivity contribution is -0.132. The van der Waals surface area contributed by atoms with E-state index in [2.05, 4.69) is 22.0 Å². The van der Waals surface area contributed by atoms with Crippen molar-refractivity contribution in [1.82, 2.24) is 4.90 Å². The number of hydrogen-bond donors (Lipinski definition) is 1. The molecule has 1 atom stereocenters. The molecule has 18 heavy (non-hydrogen) atoms. The number of carbonyl (C=O) groups excluding carboxylic acids is 1. The molecule has 3 nitrogen and oxygen atoms in total. The second-order valence-electron chi connectivity index (χ2n) is 4.83. The number of rotatable bonds is 3. The van der Waals surface area contributed by atoms with Gasteiger partial charge in [0.25, 0.3) is 0 Å². The number of benzene rings is 1. The SMILES string of the molecule is N[C@@H]1CCCN(C(=O)CCc2ccccc2Br)C1. The van der Waals surface area contributed by atoms with Crippen LogP contribution < -0.4 is 5.73 Å². The average molecular weight is 311 g/mol. The fraction of sp³-hybridized carbons (Fsp3) is 0.500. The van der Waals surface area contributed by atoms with Crippen molar-refractivity contribution < 1.29 is 4.79 Å². The number of aryl methyl sites for hydroxylation is 1. The Bertz CT molecular complexity index is 422. The molecule has 1 amide bonds. The molecule has 0 aromatic heterocycles. The van der Waals surface area contributed by atoms with Crippen LogP contribution in [0.1, 0.15) is 24.8 Å². The number of nitrogens with two attached hydrogens (primary N) is 1. The van der Waals surface area contributed by atoms with Crippen LogP contribution in [-0.4, -0.2) is 29.9 Å². The molecule has 0 unspecified atom stereocenters. The number of nitrogens with zero attached hydrogens (tertiary/aromatic N) is 1. The fourth-order valence-electron chi connectivity index (χ4n) is 2.34. The summed E-state index contributed by atoms with van der Waals surface area (Å²) in [5.41, 5.74) is 7.08. The van der Waals surface area contributed by atoms with Crippen molar-refractivity contribution in [3.8, 4) is 0 Å². The van der Waals surface area contributed by atoms with Gasteiger partial charge in [0.2, 0.25) is 5.91 Å². The van der Waals surface area contributed by atoms with Crippen LogP contribution in [0.15, 0.2) is 28.7 Å². The zero-order valence-electron chi connectivity index (χ0n) is 10.4. The van der Waals surface area contributed by atoms with Gasteiger partial charge in [0, 0.05) is 30.0 Å². The summed E-state index contributed by atoms with van der Waals surface area (Å²) in [6.07, 6.45) is 3.41. The Labute approximate surface area is 116 Å². The van der Waals surface area contributed by atoms with Gasteiger partial charge in [-0.05, 0) is 30.9 Å². The molecule has 2 N–H and O–H groups in total. The van der Waals surface area contributed by atoms with Gasteiger partial charge < -0.3 is 10.6 Å². The van der Waals surface area contributed by atoms with Gasteiger partial charge in [-0.2, -0.15) is 0 Å². The zero-order valence-corrected chi connectivity index (χ0v) is 12.0. The van der Waals surface area contributed by atoms with E-state index in [1.807, 2.05) is 23.1 Å². The Morgan fingerprint density at radius 3 is 2.94 bits per heavy atom. The predicted molar refractivity (Wildman–Crippen MR) is 76.3 cm³/mol. The molecule has 0 aliphatic carbocycles. The van der Waals surface area contributed by atoms with Crippen LogP contribution >= 0.6 is 15.9 Å². The number of carbonyl (C=O) groups is 1. The lowest BCUT2D eigenvalue weighted by atomic mass is 10.0. The highest BCUT2D eigenvalue weighted by atomic mass is 79.9. The Balaban J connectivity index is 1.86. The molecule has 2 rings (SSSR count). The first-order valence-electron chi connectivity index (χ1n) is 6.43. The summed E-state index contributed by atoms with van der Waals surface area (Å²) >= 11 is 3.51. The summed E-state index contributed by atoms with van der Waals surface area (Å²) in [6.45, 7) is 1.58. The molecule has 98 valence electrons. The van der Waals surface area contributed by atoms with Gasteiger partial charge in [-0.3, -0.25) is 4.79 Å². The maximum absolute atomic E-state index is 12.1. The maximum atomic E-state index is 12.1. The smallest absolute Gasteiger partial charge is 0.222 e. The van der Waals surface area contributed by atoms with E-state index in [-0.39, 0.29) is 11.9 Å². The van der Waals surface area contributed by atoms with Crippen molar-refractivity contribution in [2.24, 2.45) is 5.73 Å². The highest BCUT2D eigenvalue weighted by molar-refractivity contribution is 9.10. The molecule has 0 bridgehead atoms. The fourth-order valence-corrected chi connectivity index (χ4v) is 2.82. The number of amides is 1. The molecule has 0 radical (unpaired) electrons. The molecule has 4 heteroatoms. The summed E-state index contributed by atoms with van der Waals surface area (Å²) in [5.74, 6) is 0.223. The molecule has 1 aromatic carbocycles. The number of likely N-dealkylation sites (tertiary alicyclic amines) is 1. The van der Waals surface area contributed by atoms with Crippen molar-refractivity contribution in [3.05, 3.63) is 34.3 Å². The minimum atomic E-state index is 0.158. The molecule has 1 fully saturated rings. The average Bonchev–Trinajstić information content (AvgIpc) is 2.37. The highest BCUT2D eigenvalue weighted by Gasteiger charge is 2.20. The number of hydrogen-bond acceptors (Lipinski definition) is 2. The van der Waals surface area contributed by atoms with Crippen LogP contribution in [0, 0.1) is 0 Å². The second kappa shape index (κ2) is 6.34. The van der Waals surface area contributed by atoms with Gasteiger partial charge in [0.1, 0.15) is 0 Å². The summed E-state index contributed by atoms with van der Waals surface area (Å²) in [4.78, 5) is 14.0. The van der Waals surface area contributed by atoms with E-state index in [4.69, 9.17) is 5.73 Å². The number of halogens is 1. The summed E-state index contributed by atoms with van der Waals surface area (Å²) in [5, 5.41) is 0. The summed E-state index contributed by atoms with van der Waals surface area (Å²) in [7, 11) is 0. The van der Waals surface area contributed by atoms with Crippen molar-refractivity contribution in [2.45, 2.75) is 31.7 Å². The maximum Gasteiger partial charge on any atom is 0.222 e. The Kier molecular flexibility index (Phi) is 4.78. The Morgan fingerprint density at radius 1 is 1.44 bits per heavy atom. The van der Waals surface area contributed by atoms with Gasteiger partial charge in [0.15, 0.2) is 0 Å². The molecule has 1 aliphatic heterocycles. The molecule has 1 aromatic rings. The van der Waals surface area contributed by atoms with Crippen molar-refractivity contribution >= 4 is 21.8 Å². The van der Waals surface area contributed by atoms with Crippen molar-refractivity contribution in [3.63, 3.8) is 0 Å². The number of piperidine rings is 1. The van der Waals surface area contributed by atoms with E-state index >= 15 is 0 Å². The van der Waals surface area contributed by atoms with Crippen molar-refractivity contribution in [1.29, 1.82) is 0 Å². The lowest BCUT2D eigenvalue weighted by Gasteiger charge is -2.30. The van der Waals surface area contributed by atoms with E-state index in [1.165, 1.54) is 5.56 Å². The van der Waals surface area contributed by atoms with Crippen LogP contribution in [0.4, 0.5) is 0 Å². The lowest BCUT2D eigenvalue weighted by Crippen LogP contribution is -2.45. The first-order chi connectivity index (χ1) is 8.66. The zero-order chi connectivity index (χ0) is 13.0. The molecule has 0 spiro atoms. The van der Waals surface area contributed by atoms with Gasteiger partial charge in [-0.25, -0.2) is 0 Å². The van der Waals surface area contributed by atoms with E-state index in [0.29, 0.717) is 6.42 Å². The van der Waals surface area contributed by atoms with Gasteiger partial charge in [-0.1, -0.05) is 34.1 Å². The topological polar surface area (TPSA) is 46.3 Å². The van der Waals surface area contributed by atoms with Gasteiger partial charge in [0.05, 0.1) is 0 Å². The minimum Gasteiger partial charge on any atom is -0.341 e. The standard InChI is InChI=1S/C14H19BrN2O/c15-13-6-2-1-4-11(13)7-8-14(18)17-9-3-5-12(16)10-17/h1-2,4,6,12H,3,5,7-10,16H2/t12-/m1/s1. The van der Waals surface area contributed by atoms with Crippen LogP contribution in [0.25, 0.3) is 0 Å². The molecule has 0 saturated carbocycles. The van der Waals surface area contributed by atoms with E-state index < -0.39 is 0 Å². The van der Waals surface area contributed by atoms with Gasteiger partial charge >= 0.3 is 0 Å². The third kappa shape index (κ3) is 3.56. The highest BCUT2D eigenvalue weighted by Crippen LogP contribution is 2.18. The van der Waals surface area contributed by atoms with E-state index in [0.717, 1.165) is 36.8 Å². The van der Waals surface area contributed by atoms with Crippen LogP contribution in [0.5, 0.6) is 0 Å². The Morgan fingerprint density at radius 2 is 2.22 bits per heavy atom. The molecule has 1 heterocycles. The quantitative estimate of drug-likeness (QED) is 0.931. The van der Waals surface area contributed by atoms with Crippen LogP contribution in [0.3, 0.4) is 0 Å². The molecular weight excluding hydrogens is 292 g/mol. The van der Waals surface area contributed by atoms with E-state index in [1.54, 1.807) is 0 Å². The first-order valence-corrected chi connectivity index (χ1v) is 7.23. The molecule has 1 aliphatic rings. The Hall–Kier alpha value is -0.870. The second-order valence-corrected chi connectivity index (χ2v) is 5.69. The third-order valence-electron chi connectivity index (χ3n) is 3.38. The molecular formula is C14H19BrN2O. The van der Waals surface area contributed by atoms with Crippen LogP contribution in [0.2, 0.25) is 0 Å². The monoisotopic (exact) mass is 310 g/mol. The van der Waals surface area contributed by atoms with E-state index in [9.17, 15) is 4.79 Å². The normalized spacial score (nSPS) is 19.9. The van der Waals surface area contributed by atoms with Gasteiger partial charge in [-0.15, -0.1) is 0 Å². The van der Waals surface area contributed by atoms with Crippen LogP contribution in [-0.2, 0) is 11.2 Å². The summed E-state index contributed by atoms with van der Waals surface area (Å²) < 4.78 is 1.08. The predicted octanol–water partition coefficient (Wildman–Crippen LogP) is 2.33. The first kappa shape index (κ1) is 13.6. The van der Waals surface area contributed by atoms with Crippen molar-refractivity contribution in [2.75, 3.05) is 13.1 Å². The largest absolute Gasteiger partial charge is 0.341 e. The summed E-state index contributed by atoms with van der Waals surface area (Å²) in [6, 6.07) is 8.21.